The summed E-state index contributed by atoms with van der Waals surface area (Å²) < 4.78 is 7.90. The first kappa shape index (κ1) is 9.79. The van der Waals surface area contributed by atoms with Gasteiger partial charge in [-0.15, -0.1) is 0 Å². The number of hydrogen-bond donors (Lipinski definition) is 1. The van der Waals surface area contributed by atoms with Crippen LogP contribution in [0.5, 0.6) is 0 Å². The highest BCUT2D eigenvalue weighted by Crippen LogP contribution is 2.15. The summed E-state index contributed by atoms with van der Waals surface area (Å²) in [6.07, 6.45) is 5.00. The standard InChI is InChI=1S/C8H14N4OS/c14-8-9-10-11-12(8)5-4-7-3-1-2-6-13-7/h7H,1-6H2,(H,9,11,14). The third kappa shape index (κ3) is 2.39. The van der Waals surface area contributed by atoms with E-state index < -0.39 is 0 Å². The van der Waals surface area contributed by atoms with Gasteiger partial charge in [-0.1, -0.05) is 10.3 Å². The number of aryl methyl sites for hydroxylation is 1. The van der Waals surface area contributed by atoms with Crippen molar-refractivity contribution in [2.45, 2.75) is 38.3 Å². The molecule has 1 saturated heterocycles. The Bertz CT molecular complexity index is 328. The minimum atomic E-state index is 0.383. The Morgan fingerprint density at radius 2 is 2.50 bits per heavy atom. The zero-order valence-corrected chi connectivity index (χ0v) is 8.79. The molecular weight excluding hydrogens is 200 g/mol. The highest BCUT2D eigenvalue weighted by molar-refractivity contribution is 7.71. The van der Waals surface area contributed by atoms with Crippen LogP contribution in [0.4, 0.5) is 0 Å². The average molecular weight is 214 g/mol. The first-order chi connectivity index (χ1) is 6.86. The fourth-order valence-corrected chi connectivity index (χ4v) is 1.84. The van der Waals surface area contributed by atoms with Crippen LogP contribution in [-0.4, -0.2) is 32.9 Å². The van der Waals surface area contributed by atoms with E-state index in [9.17, 15) is 0 Å². The van der Waals surface area contributed by atoms with Gasteiger partial charge in [-0.3, -0.25) is 0 Å². The molecule has 0 radical (unpaired) electrons. The van der Waals surface area contributed by atoms with Gasteiger partial charge in [0.25, 0.3) is 0 Å². The van der Waals surface area contributed by atoms with Crippen molar-refractivity contribution >= 4 is 12.2 Å². The third-order valence-corrected chi connectivity index (χ3v) is 2.78. The Kier molecular flexibility index (Phi) is 3.26. The predicted octanol–water partition coefficient (Wildman–Crippen LogP) is 1.29. The zero-order valence-electron chi connectivity index (χ0n) is 7.98. The van der Waals surface area contributed by atoms with Crippen LogP contribution in [-0.2, 0) is 11.3 Å². The van der Waals surface area contributed by atoms with Crippen molar-refractivity contribution in [2.24, 2.45) is 0 Å². The Balaban J connectivity index is 1.82. The van der Waals surface area contributed by atoms with E-state index in [-0.39, 0.29) is 0 Å². The number of aromatic amines is 1. The van der Waals surface area contributed by atoms with E-state index >= 15 is 0 Å². The summed E-state index contributed by atoms with van der Waals surface area (Å²) in [6, 6.07) is 0. The molecule has 5 nitrogen and oxygen atoms in total. The monoisotopic (exact) mass is 214 g/mol. The lowest BCUT2D eigenvalue weighted by Gasteiger charge is -2.22. The molecule has 1 aliphatic rings. The van der Waals surface area contributed by atoms with Gasteiger partial charge >= 0.3 is 0 Å². The van der Waals surface area contributed by atoms with Crippen LogP contribution in [0.3, 0.4) is 0 Å². The summed E-state index contributed by atoms with van der Waals surface area (Å²) in [6.45, 7) is 1.72. The van der Waals surface area contributed by atoms with Gasteiger partial charge in [0, 0.05) is 13.2 Å². The second-order valence-corrected chi connectivity index (χ2v) is 3.88. The Labute approximate surface area is 87.4 Å². The summed E-state index contributed by atoms with van der Waals surface area (Å²) in [5.74, 6) is 0. The van der Waals surface area contributed by atoms with Crippen LogP contribution >= 0.6 is 12.2 Å². The van der Waals surface area contributed by atoms with Gasteiger partial charge in [-0.25, -0.2) is 4.68 Å². The second-order valence-electron chi connectivity index (χ2n) is 3.51. The number of ether oxygens (including phenoxy) is 1. The maximum absolute atomic E-state index is 5.61. The summed E-state index contributed by atoms with van der Waals surface area (Å²) in [4.78, 5) is 0. The molecular formula is C8H14N4OS. The van der Waals surface area contributed by atoms with Gasteiger partial charge < -0.3 is 4.74 Å². The second kappa shape index (κ2) is 4.65. The van der Waals surface area contributed by atoms with Gasteiger partial charge in [-0.05, 0) is 37.9 Å². The number of rotatable bonds is 3. The van der Waals surface area contributed by atoms with Crippen LogP contribution in [0, 0.1) is 4.77 Å². The van der Waals surface area contributed by atoms with Crippen molar-refractivity contribution in [2.75, 3.05) is 6.61 Å². The molecule has 0 spiro atoms. The Morgan fingerprint density at radius 1 is 1.57 bits per heavy atom. The predicted molar refractivity (Wildman–Crippen MR) is 53.4 cm³/mol. The molecule has 6 heteroatoms. The zero-order chi connectivity index (χ0) is 9.80. The van der Waals surface area contributed by atoms with Crippen molar-refractivity contribution < 1.29 is 4.74 Å². The van der Waals surface area contributed by atoms with Crippen LogP contribution < -0.4 is 0 Å². The maximum atomic E-state index is 5.61. The minimum Gasteiger partial charge on any atom is -0.378 e. The summed E-state index contributed by atoms with van der Waals surface area (Å²) in [5.41, 5.74) is 0. The lowest BCUT2D eigenvalue weighted by atomic mass is 10.1. The highest BCUT2D eigenvalue weighted by atomic mass is 32.1. The van der Waals surface area contributed by atoms with Crippen molar-refractivity contribution in [1.82, 2.24) is 20.2 Å². The minimum absolute atomic E-state index is 0.383. The van der Waals surface area contributed by atoms with E-state index in [0.29, 0.717) is 10.9 Å². The molecule has 1 aliphatic heterocycles. The van der Waals surface area contributed by atoms with Gasteiger partial charge in [0.15, 0.2) is 0 Å². The molecule has 1 atom stereocenters. The largest absolute Gasteiger partial charge is 0.378 e. The first-order valence-electron chi connectivity index (χ1n) is 4.96. The van der Waals surface area contributed by atoms with Gasteiger partial charge in [0.2, 0.25) is 4.77 Å². The molecule has 0 bridgehead atoms. The molecule has 78 valence electrons. The van der Waals surface area contributed by atoms with E-state index in [1.165, 1.54) is 12.8 Å². The van der Waals surface area contributed by atoms with Crippen molar-refractivity contribution in [3.05, 3.63) is 4.77 Å². The topological polar surface area (TPSA) is 55.7 Å². The number of hydrogen-bond acceptors (Lipinski definition) is 4. The molecule has 2 heterocycles. The maximum Gasteiger partial charge on any atom is 0.238 e. The first-order valence-corrected chi connectivity index (χ1v) is 5.36. The van der Waals surface area contributed by atoms with E-state index in [2.05, 4.69) is 15.5 Å². The SMILES string of the molecule is S=c1nn[nH]n1CCC1CCCCO1. The summed E-state index contributed by atoms with van der Waals surface area (Å²) in [5, 5.41) is 10.1. The molecule has 0 aliphatic carbocycles. The third-order valence-electron chi connectivity index (χ3n) is 2.48. The van der Waals surface area contributed by atoms with E-state index in [1.54, 1.807) is 4.68 Å². The Hall–Kier alpha value is -0.750. The molecule has 1 aromatic heterocycles. The Morgan fingerprint density at radius 3 is 3.14 bits per heavy atom. The smallest absolute Gasteiger partial charge is 0.238 e. The number of aromatic nitrogens is 4. The van der Waals surface area contributed by atoms with Gasteiger partial charge in [0.1, 0.15) is 0 Å². The molecule has 1 aromatic rings. The molecule has 1 unspecified atom stereocenters. The quantitative estimate of drug-likeness (QED) is 0.770. The number of H-pyrrole nitrogens is 1. The molecule has 14 heavy (non-hydrogen) atoms. The molecule has 0 aromatic carbocycles. The van der Waals surface area contributed by atoms with Gasteiger partial charge in [-0.2, -0.15) is 5.21 Å². The van der Waals surface area contributed by atoms with Crippen LogP contribution in [0.1, 0.15) is 25.7 Å². The van der Waals surface area contributed by atoms with Crippen molar-refractivity contribution in [1.29, 1.82) is 0 Å². The molecule has 1 N–H and O–H groups in total. The summed E-state index contributed by atoms with van der Waals surface area (Å²) in [7, 11) is 0. The highest BCUT2D eigenvalue weighted by Gasteiger charge is 2.13. The van der Waals surface area contributed by atoms with E-state index in [1.807, 2.05) is 0 Å². The van der Waals surface area contributed by atoms with Crippen molar-refractivity contribution in [3.63, 3.8) is 0 Å². The van der Waals surface area contributed by atoms with Crippen LogP contribution in [0.2, 0.25) is 0 Å². The normalized spacial score (nSPS) is 22.4. The molecule has 0 amide bonds. The molecule has 2 rings (SSSR count). The fourth-order valence-electron chi connectivity index (χ4n) is 1.67. The molecule has 0 saturated carbocycles. The van der Waals surface area contributed by atoms with Crippen LogP contribution in [0.15, 0.2) is 0 Å². The van der Waals surface area contributed by atoms with E-state index in [4.69, 9.17) is 17.0 Å². The van der Waals surface area contributed by atoms with Crippen molar-refractivity contribution in [3.8, 4) is 0 Å². The number of nitrogens with zero attached hydrogens (tertiary/aromatic N) is 3. The molecule has 1 fully saturated rings. The van der Waals surface area contributed by atoms with Gasteiger partial charge in [0.05, 0.1) is 6.10 Å². The summed E-state index contributed by atoms with van der Waals surface area (Å²) >= 11 is 4.97. The van der Waals surface area contributed by atoms with Crippen LogP contribution in [0.25, 0.3) is 0 Å². The fraction of sp³-hybridized carbons (Fsp3) is 0.875. The number of nitrogens with one attached hydrogen (secondary N) is 1. The number of tetrazole rings is 1. The lowest BCUT2D eigenvalue weighted by Crippen LogP contribution is -2.21. The average Bonchev–Trinajstić information content (AvgIpc) is 2.63. The lowest BCUT2D eigenvalue weighted by molar-refractivity contribution is 0.00814. The van der Waals surface area contributed by atoms with E-state index in [0.717, 1.165) is 26.0 Å².